The minimum atomic E-state index is -0.601. The predicted molar refractivity (Wildman–Crippen MR) is 113 cm³/mol. The lowest BCUT2D eigenvalue weighted by molar-refractivity contribution is -0.142. The molecule has 1 atom stereocenters. The minimum Gasteiger partial charge on any atom is -0.483 e. The Morgan fingerprint density at radius 1 is 1.23 bits per heavy atom. The maximum absolute atomic E-state index is 12.5. The van der Waals surface area contributed by atoms with Crippen LogP contribution in [0.2, 0.25) is 0 Å². The van der Waals surface area contributed by atoms with Crippen LogP contribution >= 0.6 is 11.3 Å². The van der Waals surface area contributed by atoms with Gasteiger partial charge in [-0.05, 0) is 36.5 Å². The fourth-order valence-corrected chi connectivity index (χ4v) is 4.79. The van der Waals surface area contributed by atoms with Gasteiger partial charge in [-0.15, -0.1) is 17.9 Å². The van der Waals surface area contributed by atoms with Crippen LogP contribution in [0, 0.1) is 0 Å². The Morgan fingerprint density at radius 3 is 2.70 bits per heavy atom. The molecule has 0 spiro atoms. The van der Waals surface area contributed by atoms with Gasteiger partial charge in [-0.2, -0.15) is 0 Å². The highest BCUT2D eigenvalue weighted by molar-refractivity contribution is 7.17. The van der Waals surface area contributed by atoms with Gasteiger partial charge in [0.15, 0.2) is 6.61 Å². The average Bonchev–Trinajstić information content (AvgIpc) is 3.31. The van der Waals surface area contributed by atoms with E-state index in [9.17, 15) is 14.4 Å². The molecule has 1 aromatic carbocycles. The number of anilines is 1. The molecule has 158 valence electrons. The second-order valence-electron chi connectivity index (χ2n) is 6.69. The van der Waals surface area contributed by atoms with Crippen LogP contribution < -0.4 is 10.1 Å². The van der Waals surface area contributed by atoms with Crippen molar-refractivity contribution >= 4 is 34.2 Å². The smallest absolute Gasteiger partial charge is 0.341 e. The minimum absolute atomic E-state index is 0.214. The number of hydrogen-bond acceptors (Lipinski definition) is 7. The van der Waals surface area contributed by atoms with Gasteiger partial charge < -0.3 is 19.5 Å². The number of benzene rings is 1. The van der Waals surface area contributed by atoms with Gasteiger partial charge in [0, 0.05) is 4.88 Å². The number of carbonyl (C=O) groups is 3. The maximum atomic E-state index is 12.5. The topological polar surface area (TPSA) is 90.9 Å². The fraction of sp³-hybridized carbons (Fsp3) is 0.318. The molecule has 0 saturated heterocycles. The molecular formula is C22H23NO6S. The van der Waals surface area contributed by atoms with Crippen LogP contribution in [0.5, 0.6) is 5.75 Å². The lowest BCUT2D eigenvalue weighted by Crippen LogP contribution is -2.22. The first-order chi connectivity index (χ1) is 14.5. The van der Waals surface area contributed by atoms with Crippen molar-refractivity contribution in [2.45, 2.75) is 25.2 Å². The third-order valence-electron chi connectivity index (χ3n) is 4.85. The van der Waals surface area contributed by atoms with E-state index in [0.717, 1.165) is 10.4 Å². The summed E-state index contributed by atoms with van der Waals surface area (Å²) in [4.78, 5) is 38.0. The zero-order valence-corrected chi connectivity index (χ0v) is 17.7. The Morgan fingerprint density at radius 2 is 2.00 bits per heavy atom. The highest BCUT2D eigenvalue weighted by Crippen LogP contribution is 2.45. The van der Waals surface area contributed by atoms with E-state index in [4.69, 9.17) is 14.2 Å². The van der Waals surface area contributed by atoms with Crippen LogP contribution in [0.4, 0.5) is 5.00 Å². The first-order valence-corrected chi connectivity index (χ1v) is 10.2. The molecule has 2 aromatic rings. The second-order valence-corrected chi connectivity index (χ2v) is 7.79. The Labute approximate surface area is 178 Å². The quantitative estimate of drug-likeness (QED) is 0.510. The summed E-state index contributed by atoms with van der Waals surface area (Å²) in [6.07, 6.45) is 3.58. The number of fused-ring (bicyclic) bond motifs is 1. The molecule has 0 aliphatic heterocycles. The number of nitrogens with one attached hydrogen (secondary N) is 1. The first kappa shape index (κ1) is 21.6. The molecule has 0 radical (unpaired) electrons. The van der Waals surface area contributed by atoms with E-state index >= 15 is 0 Å². The number of rotatable bonds is 8. The highest BCUT2D eigenvalue weighted by Gasteiger charge is 2.38. The molecule has 1 aliphatic carbocycles. The summed E-state index contributed by atoms with van der Waals surface area (Å²) in [5, 5.41) is 3.09. The summed E-state index contributed by atoms with van der Waals surface area (Å²) >= 11 is 1.28. The van der Waals surface area contributed by atoms with Gasteiger partial charge in [0.25, 0.3) is 5.91 Å². The first-order valence-electron chi connectivity index (χ1n) is 9.43. The van der Waals surface area contributed by atoms with E-state index in [2.05, 4.69) is 11.9 Å². The monoisotopic (exact) mass is 429 g/mol. The summed E-state index contributed by atoms with van der Waals surface area (Å²) in [6, 6.07) is 7.40. The summed E-state index contributed by atoms with van der Waals surface area (Å²) in [5.41, 5.74) is 1.73. The molecule has 1 N–H and O–H groups in total. The van der Waals surface area contributed by atoms with Crippen LogP contribution in [0.1, 0.15) is 38.7 Å². The molecule has 0 fully saturated rings. The molecule has 0 saturated carbocycles. The van der Waals surface area contributed by atoms with E-state index in [0.29, 0.717) is 35.6 Å². The Kier molecular flexibility index (Phi) is 6.89. The Bertz CT molecular complexity index is 980. The number of hydrogen-bond donors (Lipinski definition) is 1. The third kappa shape index (κ3) is 4.38. The summed E-state index contributed by atoms with van der Waals surface area (Å²) in [5.74, 6) is -1.36. The lowest BCUT2D eigenvalue weighted by atomic mass is 9.99. The van der Waals surface area contributed by atoms with Gasteiger partial charge in [0.2, 0.25) is 0 Å². The van der Waals surface area contributed by atoms with Gasteiger partial charge in [0.05, 0.1) is 25.7 Å². The van der Waals surface area contributed by atoms with Crippen LogP contribution in [-0.2, 0) is 31.9 Å². The molecule has 8 heteroatoms. The van der Waals surface area contributed by atoms with E-state index < -0.39 is 23.8 Å². The van der Waals surface area contributed by atoms with E-state index in [1.807, 2.05) is 18.2 Å². The number of allylic oxidation sites excluding steroid dienone is 1. The SMILES string of the molecule is C=CCc1ccccc1OCC(=O)Nc1sc2c(c1C(=O)OC)C(C(=O)OC)CC2. The van der Waals surface area contributed by atoms with Crippen molar-refractivity contribution < 1.29 is 28.6 Å². The zero-order chi connectivity index (χ0) is 21.7. The maximum Gasteiger partial charge on any atom is 0.341 e. The van der Waals surface area contributed by atoms with E-state index in [1.165, 1.54) is 25.6 Å². The van der Waals surface area contributed by atoms with Crippen LogP contribution in [0.25, 0.3) is 0 Å². The van der Waals surface area contributed by atoms with Crippen LogP contribution in [0.15, 0.2) is 36.9 Å². The number of amides is 1. The zero-order valence-electron chi connectivity index (χ0n) is 16.9. The van der Waals surface area contributed by atoms with Gasteiger partial charge in [-0.1, -0.05) is 24.3 Å². The van der Waals surface area contributed by atoms with Gasteiger partial charge >= 0.3 is 11.9 Å². The van der Waals surface area contributed by atoms with Crippen molar-refractivity contribution in [1.29, 1.82) is 0 Å². The van der Waals surface area contributed by atoms with Crippen molar-refractivity contribution in [2.75, 3.05) is 26.1 Å². The summed E-state index contributed by atoms with van der Waals surface area (Å²) in [7, 11) is 2.58. The molecule has 1 amide bonds. The number of esters is 2. The number of methoxy groups -OCH3 is 2. The molecule has 30 heavy (non-hydrogen) atoms. The predicted octanol–water partition coefficient (Wildman–Crippen LogP) is 3.48. The number of ether oxygens (including phenoxy) is 3. The standard InChI is InChI=1S/C22H23NO6S/c1-4-7-13-8-5-6-9-15(13)29-12-17(24)23-20-19(22(26)28-3)18-14(21(25)27-2)10-11-16(18)30-20/h4-6,8-9,14H,1,7,10-12H2,2-3H3,(H,23,24). The fourth-order valence-electron chi connectivity index (χ4n) is 3.51. The Hall–Kier alpha value is -3.13. The number of para-hydroxylation sites is 1. The van der Waals surface area contributed by atoms with E-state index in [1.54, 1.807) is 12.1 Å². The van der Waals surface area contributed by atoms with Crippen molar-refractivity contribution in [3.05, 3.63) is 58.5 Å². The largest absolute Gasteiger partial charge is 0.483 e. The molecule has 1 heterocycles. The van der Waals surface area contributed by atoms with Crippen molar-refractivity contribution in [1.82, 2.24) is 0 Å². The normalized spacial score (nSPS) is 14.5. The number of thiophene rings is 1. The van der Waals surface area contributed by atoms with Gasteiger partial charge in [-0.3, -0.25) is 9.59 Å². The summed E-state index contributed by atoms with van der Waals surface area (Å²) in [6.45, 7) is 3.50. The van der Waals surface area contributed by atoms with Crippen LogP contribution in [0.3, 0.4) is 0 Å². The van der Waals surface area contributed by atoms with Gasteiger partial charge in [-0.25, -0.2) is 4.79 Å². The van der Waals surface area contributed by atoms with Gasteiger partial charge in [0.1, 0.15) is 10.8 Å². The number of aryl methyl sites for hydroxylation is 1. The van der Waals surface area contributed by atoms with Crippen molar-refractivity contribution in [2.24, 2.45) is 0 Å². The average molecular weight is 429 g/mol. The third-order valence-corrected chi connectivity index (χ3v) is 6.04. The lowest BCUT2D eigenvalue weighted by Gasteiger charge is -2.12. The Balaban J connectivity index is 1.78. The van der Waals surface area contributed by atoms with E-state index in [-0.39, 0.29) is 12.2 Å². The van der Waals surface area contributed by atoms with Crippen LogP contribution in [-0.4, -0.2) is 38.7 Å². The second kappa shape index (κ2) is 9.58. The van der Waals surface area contributed by atoms with Crippen molar-refractivity contribution in [3.63, 3.8) is 0 Å². The molecule has 1 aromatic heterocycles. The molecule has 1 aliphatic rings. The highest BCUT2D eigenvalue weighted by atomic mass is 32.1. The number of carbonyl (C=O) groups excluding carboxylic acids is 3. The molecular weight excluding hydrogens is 406 g/mol. The molecule has 1 unspecified atom stereocenters. The van der Waals surface area contributed by atoms with Crippen molar-refractivity contribution in [3.8, 4) is 5.75 Å². The molecule has 7 nitrogen and oxygen atoms in total. The summed E-state index contributed by atoms with van der Waals surface area (Å²) < 4.78 is 15.4. The molecule has 3 rings (SSSR count). The molecule has 0 bridgehead atoms.